The van der Waals surface area contributed by atoms with Crippen molar-refractivity contribution in [2.75, 3.05) is 32.7 Å². The van der Waals surface area contributed by atoms with E-state index in [1.165, 1.54) is 0 Å². The van der Waals surface area contributed by atoms with Crippen LogP contribution in [0.15, 0.2) is 16.8 Å². The first-order valence-electron chi connectivity index (χ1n) is 6.63. The summed E-state index contributed by atoms with van der Waals surface area (Å²) in [5.41, 5.74) is 1.10. The largest absolute Gasteiger partial charge is 0.480 e. The van der Waals surface area contributed by atoms with Crippen molar-refractivity contribution in [2.24, 2.45) is 0 Å². The fourth-order valence-corrected chi connectivity index (χ4v) is 2.87. The lowest BCUT2D eigenvalue weighted by Crippen LogP contribution is -2.42. The van der Waals surface area contributed by atoms with Crippen LogP contribution in [-0.2, 0) is 11.3 Å². The van der Waals surface area contributed by atoms with Gasteiger partial charge in [0.25, 0.3) is 0 Å². The fourth-order valence-electron chi connectivity index (χ4n) is 2.21. The number of urea groups is 1. The molecule has 1 aromatic rings. The molecule has 2 amide bonds. The number of carboxylic acids is 1. The lowest BCUT2D eigenvalue weighted by Gasteiger charge is -2.21. The number of hydrogen-bond acceptors (Lipinski definition) is 4. The van der Waals surface area contributed by atoms with Crippen LogP contribution in [0.3, 0.4) is 0 Å². The van der Waals surface area contributed by atoms with Gasteiger partial charge < -0.3 is 15.3 Å². The highest BCUT2D eigenvalue weighted by Crippen LogP contribution is 2.07. The zero-order valence-electron chi connectivity index (χ0n) is 11.2. The monoisotopic (exact) mass is 297 g/mol. The number of thiophene rings is 1. The number of nitrogens with one attached hydrogen (secondary N) is 1. The van der Waals surface area contributed by atoms with Crippen molar-refractivity contribution >= 4 is 23.3 Å². The summed E-state index contributed by atoms with van der Waals surface area (Å²) in [4.78, 5) is 26.4. The van der Waals surface area contributed by atoms with E-state index in [0.29, 0.717) is 26.2 Å². The fraction of sp³-hybridized carbons (Fsp3) is 0.538. The van der Waals surface area contributed by atoms with Crippen molar-refractivity contribution in [1.82, 2.24) is 15.1 Å². The number of carbonyl (C=O) groups excluding carboxylic acids is 1. The minimum Gasteiger partial charge on any atom is -0.480 e. The molecule has 1 aromatic heterocycles. The van der Waals surface area contributed by atoms with Gasteiger partial charge in [0, 0.05) is 32.7 Å². The molecule has 0 radical (unpaired) electrons. The molecule has 2 rings (SSSR count). The van der Waals surface area contributed by atoms with Crippen LogP contribution in [0.4, 0.5) is 4.79 Å². The number of carboxylic acid groups (broad SMARTS) is 1. The van der Waals surface area contributed by atoms with E-state index < -0.39 is 5.97 Å². The Morgan fingerprint density at radius 3 is 2.85 bits per heavy atom. The zero-order chi connectivity index (χ0) is 14.4. The van der Waals surface area contributed by atoms with Crippen LogP contribution in [0.2, 0.25) is 0 Å². The molecule has 6 nitrogen and oxygen atoms in total. The van der Waals surface area contributed by atoms with Crippen LogP contribution in [-0.4, -0.2) is 59.6 Å². The summed E-state index contributed by atoms with van der Waals surface area (Å²) in [6.07, 6.45) is 0.805. The van der Waals surface area contributed by atoms with Gasteiger partial charge in [0.2, 0.25) is 0 Å². The van der Waals surface area contributed by atoms with E-state index in [2.05, 4.69) is 5.32 Å². The number of carbonyl (C=O) groups is 2. The van der Waals surface area contributed by atoms with Gasteiger partial charge in [0.15, 0.2) is 0 Å². The lowest BCUT2D eigenvalue weighted by atomic mass is 10.3. The van der Waals surface area contributed by atoms with E-state index in [9.17, 15) is 9.59 Å². The molecule has 20 heavy (non-hydrogen) atoms. The van der Waals surface area contributed by atoms with Gasteiger partial charge in [-0.2, -0.15) is 11.3 Å². The van der Waals surface area contributed by atoms with Crippen LogP contribution in [0.5, 0.6) is 0 Å². The van der Waals surface area contributed by atoms with Gasteiger partial charge >= 0.3 is 12.0 Å². The molecule has 1 saturated heterocycles. The third-order valence-corrected chi connectivity index (χ3v) is 3.99. The van der Waals surface area contributed by atoms with E-state index in [-0.39, 0.29) is 12.6 Å². The van der Waals surface area contributed by atoms with Gasteiger partial charge in [-0.1, -0.05) is 0 Å². The average Bonchev–Trinajstić information content (AvgIpc) is 2.82. The van der Waals surface area contributed by atoms with Gasteiger partial charge in [0.05, 0.1) is 6.54 Å². The topological polar surface area (TPSA) is 72.9 Å². The predicted molar refractivity (Wildman–Crippen MR) is 76.8 cm³/mol. The molecule has 2 heterocycles. The molecule has 0 spiro atoms. The number of nitrogens with zero attached hydrogens (tertiary/aromatic N) is 2. The first-order valence-corrected chi connectivity index (χ1v) is 7.57. The average molecular weight is 297 g/mol. The zero-order valence-corrected chi connectivity index (χ0v) is 12.1. The minimum absolute atomic E-state index is 0.0460. The third kappa shape index (κ3) is 4.50. The van der Waals surface area contributed by atoms with Crippen molar-refractivity contribution in [2.45, 2.75) is 13.0 Å². The SMILES string of the molecule is O=C(O)CN1CCCN(C(=O)NCc2ccsc2)CC1. The maximum absolute atomic E-state index is 12.1. The molecule has 0 unspecified atom stereocenters. The lowest BCUT2D eigenvalue weighted by molar-refractivity contribution is -0.138. The van der Waals surface area contributed by atoms with Crippen LogP contribution in [0.1, 0.15) is 12.0 Å². The second kappa shape index (κ2) is 7.25. The van der Waals surface area contributed by atoms with E-state index >= 15 is 0 Å². The Labute approximate surface area is 122 Å². The molecule has 0 atom stereocenters. The molecule has 0 saturated carbocycles. The first-order chi connectivity index (χ1) is 9.65. The van der Waals surface area contributed by atoms with Crippen LogP contribution in [0.25, 0.3) is 0 Å². The van der Waals surface area contributed by atoms with Crippen molar-refractivity contribution in [3.8, 4) is 0 Å². The summed E-state index contributed by atoms with van der Waals surface area (Å²) in [6, 6.07) is 1.91. The number of aliphatic carboxylic acids is 1. The summed E-state index contributed by atoms with van der Waals surface area (Å²) in [6.45, 7) is 3.16. The minimum atomic E-state index is -0.819. The quantitative estimate of drug-likeness (QED) is 0.871. The maximum atomic E-state index is 12.1. The van der Waals surface area contributed by atoms with Crippen molar-refractivity contribution in [3.05, 3.63) is 22.4 Å². The highest BCUT2D eigenvalue weighted by molar-refractivity contribution is 7.07. The number of rotatable bonds is 4. The summed E-state index contributed by atoms with van der Waals surface area (Å²) in [5, 5.41) is 15.7. The molecule has 1 aliphatic rings. The Kier molecular flexibility index (Phi) is 5.37. The van der Waals surface area contributed by atoms with Gasteiger partial charge in [0.1, 0.15) is 0 Å². The number of hydrogen-bond donors (Lipinski definition) is 2. The van der Waals surface area contributed by atoms with E-state index in [4.69, 9.17) is 5.11 Å². The normalized spacial score (nSPS) is 16.7. The second-order valence-electron chi connectivity index (χ2n) is 4.80. The molecule has 1 fully saturated rings. The van der Waals surface area contributed by atoms with Crippen molar-refractivity contribution in [3.63, 3.8) is 0 Å². The molecule has 0 aromatic carbocycles. The van der Waals surface area contributed by atoms with Crippen LogP contribution < -0.4 is 5.32 Å². The standard InChI is InChI=1S/C13H19N3O3S/c17-12(18)9-15-3-1-4-16(6-5-15)13(19)14-8-11-2-7-20-10-11/h2,7,10H,1,3-6,8-9H2,(H,14,19)(H,17,18). The molecular weight excluding hydrogens is 278 g/mol. The number of amides is 2. The van der Waals surface area contributed by atoms with Gasteiger partial charge in [-0.15, -0.1) is 0 Å². The highest BCUT2D eigenvalue weighted by atomic mass is 32.1. The third-order valence-electron chi connectivity index (χ3n) is 3.26. The second-order valence-corrected chi connectivity index (χ2v) is 5.58. The molecule has 110 valence electrons. The Morgan fingerprint density at radius 1 is 1.30 bits per heavy atom. The molecule has 0 aliphatic carbocycles. The molecule has 2 N–H and O–H groups in total. The van der Waals surface area contributed by atoms with E-state index in [1.54, 1.807) is 16.2 Å². The van der Waals surface area contributed by atoms with Crippen molar-refractivity contribution in [1.29, 1.82) is 0 Å². The van der Waals surface area contributed by atoms with Gasteiger partial charge in [-0.25, -0.2) is 4.79 Å². The smallest absolute Gasteiger partial charge is 0.317 e. The Bertz CT molecular complexity index is 450. The molecular formula is C13H19N3O3S. The Hall–Kier alpha value is -1.60. The summed E-state index contributed by atoms with van der Waals surface area (Å²) < 4.78 is 0. The molecule has 0 bridgehead atoms. The predicted octanol–water partition coefficient (Wildman–Crippen LogP) is 1.05. The highest BCUT2D eigenvalue weighted by Gasteiger charge is 2.19. The molecule has 1 aliphatic heterocycles. The van der Waals surface area contributed by atoms with Crippen LogP contribution in [0, 0.1) is 0 Å². The van der Waals surface area contributed by atoms with Crippen molar-refractivity contribution < 1.29 is 14.7 Å². The summed E-state index contributed by atoms with van der Waals surface area (Å²) in [5.74, 6) is -0.819. The Balaban J connectivity index is 1.77. The van der Waals surface area contributed by atoms with Crippen LogP contribution >= 0.6 is 11.3 Å². The maximum Gasteiger partial charge on any atom is 0.317 e. The van der Waals surface area contributed by atoms with E-state index in [0.717, 1.165) is 18.5 Å². The molecule has 7 heteroatoms. The van der Waals surface area contributed by atoms with E-state index in [1.807, 2.05) is 21.7 Å². The summed E-state index contributed by atoms with van der Waals surface area (Å²) >= 11 is 1.61. The van der Waals surface area contributed by atoms with Gasteiger partial charge in [-0.05, 0) is 28.8 Å². The Morgan fingerprint density at radius 2 is 2.15 bits per heavy atom. The van der Waals surface area contributed by atoms with Gasteiger partial charge in [-0.3, -0.25) is 9.69 Å². The first kappa shape index (κ1) is 14.8. The summed E-state index contributed by atoms with van der Waals surface area (Å²) in [7, 11) is 0.